The Hall–Kier alpha value is -2.92. The maximum Gasteiger partial charge on any atom is 0.407 e. The monoisotopic (exact) mass is 344 g/mol. The van der Waals surface area contributed by atoms with Crippen molar-refractivity contribution in [1.82, 2.24) is 15.0 Å². The van der Waals surface area contributed by atoms with E-state index in [2.05, 4.69) is 10.1 Å². The summed E-state index contributed by atoms with van der Waals surface area (Å²) in [7, 11) is 0. The standard InChI is InChI=1S/C17H17FN4O3/c1-11(21-4-6-22(7-5-21)17(23)24)15-9-16(25-20-15)13-8-12(10-19)2-3-14(13)18/h2-3,8-9,11H,4-7H2,1H3,(H,23,24). The van der Waals surface area contributed by atoms with Gasteiger partial charge in [0.1, 0.15) is 11.5 Å². The molecule has 1 aromatic carbocycles. The summed E-state index contributed by atoms with van der Waals surface area (Å²) in [6.07, 6.45) is -0.913. The van der Waals surface area contributed by atoms with Crippen LogP contribution in [-0.2, 0) is 0 Å². The van der Waals surface area contributed by atoms with Gasteiger partial charge < -0.3 is 14.5 Å². The number of rotatable bonds is 3. The van der Waals surface area contributed by atoms with Gasteiger partial charge in [-0.2, -0.15) is 5.26 Å². The van der Waals surface area contributed by atoms with E-state index in [0.717, 1.165) is 0 Å². The minimum atomic E-state index is -0.913. The van der Waals surface area contributed by atoms with Crippen LogP contribution in [0.4, 0.5) is 9.18 Å². The molecular formula is C17H17FN4O3. The van der Waals surface area contributed by atoms with Gasteiger partial charge in [-0.3, -0.25) is 4.90 Å². The Morgan fingerprint density at radius 3 is 2.72 bits per heavy atom. The van der Waals surface area contributed by atoms with Crippen LogP contribution in [0.15, 0.2) is 28.8 Å². The van der Waals surface area contributed by atoms with Gasteiger partial charge in [-0.1, -0.05) is 5.16 Å². The van der Waals surface area contributed by atoms with E-state index in [1.165, 1.54) is 23.1 Å². The minimum absolute atomic E-state index is 0.0874. The summed E-state index contributed by atoms with van der Waals surface area (Å²) in [5, 5.41) is 22.0. The molecule has 7 nitrogen and oxygen atoms in total. The number of aromatic nitrogens is 1. The fourth-order valence-electron chi connectivity index (χ4n) is 2.88. The molecule has 1 unspecified atom stereocenters. The molecule has 0 aliphatic carbocycles. The molecule has 0 saturated carbocycles. The van der Waals surface area contributed by atoms with Crippen molar-refractivity contribution in [1.29, 1.82) is 5.26 Å². The quantitative estimate of drug-likeness (QED) is 0.920. The Balaban J connectivity index is 1.76. The van der Waals surface area contributed by atoms with Crippen molar-refractivity contribution in [2.45, 2.75) is 13.0 Å². The van der Waals surface area contributed by atoms with Gasteiger partial charge in [-0.25, -0.2) is 9.18 Å². The lowest BCUT2D eigenvalue weighted by molar-refractivity contribution is 0.0871. The van der Waals surface area contributed by atoms with E-state index in [-0.39, 0.29) is 17.4 Å². The highest BCUT2D eigenvalue weighted by Gasteiger charge is 2.26. The van der Waals surface area contributed by atoms with Crippen LogP contribution in [0.5, 0.6) is 0 Å². The van der Waals surface area contributed by atoms with Crippen LogP contribution in [0.2, 0.25) is 0 Å². The summed E-state index contributed by atoms with van der Waals surface area (Å²) >= 11 is 0. The number of carboxylic acid groups (broad SMARTS) is 1. The zero-order valence-electron chi connectivity index (χ0n) is 13.6. The molecule has 1 saturated heterocycles. The second-order valence-corrected chi connectivity index (χ2v) is 5.90. The number of nitriles is 1. The van der Waals surface area contributed by atoms with Crippen molar-refractivity contribution in [3.05, 3.63) is 41.3 Å². The van der Waals surface area contributed by atoms with Crippen molar-refractivity contribution in [2.24, 2.45) is 0 Å². The first-order valence-corrected chi connectivity index (χ1v) is 7.88. The summed E-state index contributed by atoms with van der Waals surface area (Å²) < 4.78 is 19.3. The highest BCUT2D eigenvalue weighted by molar-refractivity contribution is 5.65. The van der Waals surface area contributed by atoms with Crippen LogP contribution in [-0.4, -0.2) is 52.3 Å². The van der Waals surface area contributed by atoms with E-state index >= 15 is 0 Å². The van der Waals surface area contributed by atoms with Crippen LogP contribution >= 0.6 is 0 Å². The highest BCUT2D eigenvalue weighted by Crippen LogP contribution is 2.28. The maximum absolute atomic E-state index is 14.0. The molecule has 3 rings (SSSR count). The van der Waals surface area contributed by atoms with Crippen LogP contribution in [0.25, 0.3) is 11.3 Å². The predicted octanol–water partition coefficient (Wildman–Crippen LogP) is 2.71. The lowest BCUT2D eigenvalue weighted by Gasteiger charge is -2.36. The molecule has 1 fully saturated rings. The van der Waals surface area contributed by atoms with Gasteiger partial charge in [0, 0.05) is 32.2 Å². The summed E-state index contributed by atoms with van der Waals surface area (Å²) in [5.41, 5.74) is 1.17. The first-order chi connectivity index (χ1) is 12.0. The van der Waals surface area contributed by atoms with E-state index in [1.807, 2.05) is 13.0 Å². The Bertz CT molecular complexity index is 822. The molecule has 1 aromatic heterocycles. The SMILES string of the molecule is CC(c1cc(-c2cc(C#N)ccc2F)on1)N1CCN(C(=O)O)CC1. The number of halogens is 1. The van der Waals surface area contributed by atoms with Crippen LogP contribution < -0.4 is 0 Å². The zero-order valence-corrected chi connectivity index (χ0v) is 13.6. The maximum atomic E-state index is 14.0. The lowest BCUT2D eigenvalue weighted by Crippen LogP contribution is -2.48. The third-order valence-electron chi connectivity index (χ3n) is 4.45. The van der Waals surface area contributed by atoms with E-state index < -0.39 is 11.9 Å². The van der Waals surface area contributed by atoms with Crippen molar-refractivity contribution < 1.29 is 18.8 Å². The summed E-state index contributed by atoms with van der Waals surface area (Å²) in [6, 6.07) is 7.60. The van der Waals surface area contributed by atoms with E-state index in [0.29, 0.717) is 37.4 Å². The molecule has 0 radical (unpaired) electrons. The van der Waals surface area contributed by atoms with Crippen LogP contribution in [0.1, 0.15) is 24.2 Å². The van der Waals surface area contributed by atoms with Gasteiger partial charge in [-0.05, 0) is 25.1 Å². The van der Waals surface area contributed by atoms with Gasteiger partial charge >= 0.3 is 6.09 Å². The molecule has 1 aliphatic rings. The number of nitrogens with zero attached hydrogens (tertiary/aromatic N) is 4. The molecule has 2 heterocycles. The molecule has 130 valence electrons. The first kappa shape index (κ1) is 16.9. The Kier molecular flexibility index (Phi) is 4.67. The van der Waals surface area contributed by atoms with Gasteiger partial charge in [0.25, 0.3) is 0 Å². The summed E-state index contributed by atoms with van der Waals surface area (Å²) in [4.78, 5) is 14.4. The molecule has 8 heteroatoms. The zero-order chi connectivity index (χ0) is 18.0. The number of hydrogen-bond donors (Lipinski definition) is 1. The van der Waals surface area contributed by atoms with Gasteiger partial charge in [0.05, 0.1) is 23.2 Å². The molecule has 1 amide bonds. The van der Waals surface area contributed by atoms with Crippen molar-refractivity contribution in [3.63, 3.8) is 0 Å². The third-order valence-corrected chi connectivity index (χ3v) is 4.45. The molecule has 1 aliphatic heterocycles. The van der Waals surface area contributed by atoms with Gasteiger partial charge in [0.2, 0.25) is 0 Å². The smallest absolute Gasteiger partial charge is 0.407 e. The number of hydrogen-bond acceptors (Lipinski definition) is 5. The highest BCUT2D eigenvalue weighted by atomic mass is 19.1. The fourth-order valence-corrected chi connectivity index (χ4v) is 2.88. The van der Waals surface area contributed by atoms with E-state index in [4.69, 9.17) is 14.9 Å². The normalized spacial score (nSPS) is 16.4. The Morgan fingerprint density at radius 1 is 1.36 bits per heavy atom. The van der Waals surface area contributed by atoms with E-state index in [9.17, 15) is 9.18 Å². The first-order valence-electron chi connectivity index (χ1n) is 7.88. The van der Waals surface area contributed by atoms with Crippen molar-refractivity contribution in [3.8, 4) is 17.4 Å². The van der Waals surface area contributed by atoms with Crippen molar-refractivity contribution >= 4 is 6.09 Å². The third kappa shape index (κ3) is 3.46. The van der Waals surface area contributed by atoms with Crippen LogP contribution in [0.3, 0.4) is 0 Å². The second kappa shape index (κ2) is 6.91. The molecule has 1 atom stereocenters. The number of piperazine rings is 1. The van der Waals surface area contributed by atoms with Gasteiger partial charge in [0.15, 0.2) is 5.76 Å². The Labute approximate surface area is 143 Å². The average Bonchev–Trinajstić information content (AvgIpc) is 3.11. The number of benzene rings is 1. The largest absolute Gasteiger partial charge is 0.465 e. The number of amides is 1. The van der Waals surface area contributed by atoms with Crippen LogP contribution in [0, 0.1) is 17.1 Å². The molecule has 1 N–H and O–H groups in total. The summed E-state index contributed by atoms with van der Waals surface area (Å²) in [5.74, 6) is -0.218. The van der Waals surface area contributed by atoms with Crippen molar-refractivity contribution in [2.75, 3.05) is 26.2 Å². The molecule has 25 heavy (non-hydrogen) atoms. The summed E-state index contributed by atoms with van der Waals surface area (Å²) in [6.45, 7) is 3.99. The Morgan fingerprint density at radius 2 is 2.08 bits per heavy atom. The minimum Gasteiger partial charge on any atom is -0.465 e. The predicted molar refractivity (Wildman–Crippen MR) is 86.2 cm³/mol. The average molecular weight is 344 g/mol. The molecule has 2 aromatic rings. The number of carbonyl (C=O) groups is 1. The molecule has 0 spiro atoms. The fraction of sp³-hybridized carbons (Fsp3) is 0.353. The van der Waals surface area contributed by atoms with E-state index in [1.54, 1.807) is 6.07 Å². The topological polar surface area (TPSA) is 93.6 Å². The molecular weight excluding hydrogens is 327 g/mol. The lowest BCUT2D eigenvalue weighted by atomic mass is 10.1. The molecule has 0 bridgehead atoms. The second-order valence-electron chi connectivity index (χ2n) is 5.90. The van der Waals surface area contributed by atoms with Gasteiger partial charge in [-0.15, -0.1) is 0 Å².